The lowest BCUT2D eigenvalue weighted by molar-refractivity contribution is 0.235. The Morgan fingerprint density at radius 3 is 2.13 bits per heavy atom. The van der Waals surface area contributed by atoms with Gasteiger partial charge in [-0.25, -0.2) is 8.42 Å². The average molecular weight is 230 g/mol. The molecule has 0 aromatic carbocycles. The van der Waals surface area contributed by atoms with Crippen molar-refractivity contribution >= 4 is 9.84 Å². The molecule has 15 heavy (non-hydrogen) atoms. The summed E-state index contributed by atoms with van der Waals surface area (Å²) in [6.45, 7) is 4.38. The van der Waals surface area contributed by atoms with E-state index in [2.05, 4.69) is 13.8 Å². The SMILES string of the molecule is C[C@@H]1CC[C@@H](S(=O)(=O)C[C@H]2C[C@@H](C)C2)C1. The molecule has 0 aromatic heterocycles. The molecular weight excluding hydrogens is 208 g/mol. The molecule has 2 saturated carbocycles. The molecule has 3 heteroatoms. The van der Waals surface area contributed by atoms with Crippen LogP contribution in [0.3, 0.4) is 0 Å². The second kappa shape index (κ2) is 4.08. The molecule has 0 aliphatic heterocycles. The van der Waals surface area contributed by atoms with E-state index in [1.165, 1.54) is 0 Å². The van der Waals surface area contributed by atoms with Crippen LogP contribution < -0.4 is 0 Å². The summed E-state index contributed by atoms with van der Waals surface area (Å²) in [4.78, 5) is 0. The lowest BCUT2D eigenvalue weighted by Gasteiger charge is -2.33. The van der Waals surface area contributed by atoms with Crippen LogP contribution in [0.15, 0.2) is 0 Å². The maximum absolute atomic E-state index is 12.1. The topological polar surface area (TPSA) is 34.1 Å². The Kier molecular flexibility index (Phi) is 3.11. The second-order valence-electron chi connectivity index (χ2n) is 5.81. The first-order valence-corrected chi connectivity index (χ1v) is 7.90. The number of hydrogen-bond donors (Lipinski definition) is 0. The summed E-state index contributed by atoms with van der Waals surface area (Å²) in [5.74, 6) is 2.31. The smallest absolute Gasteiger partial charge is 0.153 e. The minimum atomic E-state index is -2.78. The van der Waals surface area contributed by atoms with Crippen molar-refractivity contribution in [2.75, 3.05) is 5.75 Å². The molecule has 88 valence electrons. The number of sulfone groups is 1. The monoisotopic (exact) mass is 230 g/mol. The Balaban J connectivity index is 1.89. The van der Waals surface area contributed by atoms with Gasteiger partial charge in [-0.3, -0.25) is 0 Å². The Bertz CT molecular complexity index is 315. The van der Waals surface area contributed by atoms with Gasteiger partial charge in [0.25, 0.3) is 0 Å². The molecule has 0 spiro atoms. The third-order valence-electron chi connectivity index (χ3n) is 4.09. The van der Waals surface area contributed by atoms with Gasteiger partial charge in [-0.2, -0.15) is 0 Å². The predicted octanol–water partition coefficient (Wildman–Crippen LogP) is 2.64. The zero-order chi connectivity index (χ0) is 11.1. The second-order valence-corrected chi connectivity index (χ2v) is 8.14. The molecule has 0 saturated heterocycles. The molecule has 2 nitrogen and oxygen atoms in total. The molecular formula is C12H22O2S. The third kappa shape index (κ3) is 2.55. The highest BCUT2D eigenvalue weighted by molar-refractivity contribution is 7.92. The van der Waals surface area contributed by atoms with E-state index in [9.17, 15) is 8.42 Å². The molecule has 0 aromatic rings. The van der Waals surface area contributed by atoms with Crippen LogP contribution in [0.1, 0.15) is 46.0 Å². The zero-order valence-corrected chi connectivity index (χ0v) is 10.6. The van der Waals surface area contributed by atoms with Crippen LogP contribution in [-0.2, 0) is 9.84 Å². The largest absolute Gasteiger partial charge is 0.229 e. The third-order valence-corrected chi connectivity index (χ3v) is 6.47. The standard InChI is InChI=1S/C12H22O2S/c1-9-3-4-12(7-9)15(13,14)8-11-5-10(2)6-11/h9-12H,3-8H2,1-2H3/t9-,10-,11+,12-/m1/s1. The molecule has 0 bridgehead atoms. The molecule has 0 heterocycles. The normalized spacial score (nSPS) is 41.5. The zero-order valence-electron chi connectivity index (χ0n) is 9.78. The van der Waals surface area contributed by atoms with Crippen molar-refractivity contribution in [3.8, 4) is 0 Å². The molecule has 0 unspecified atom stereocenters. The van der Waals surface area contributed by atoms with Crippen LogP contribution in [-0.4, -0.2) is 19.4 Å². The molecule has 0 amide bonds. The average Bonchev–Trinajstić information content (AvgIpc) is 2.49. The number of hydrogen-bond acceptors (Lipinski definition) is 2. The first-order valence-electron chi connectivity index (χ1n) is 6.19. The fourth-order valence-corrected chi connectivity index (χ4v) is 5.47. The van der Waals surface area contributed by atoms with Crippen LogP contribution in [0.2, 0.25) is 0 Å². The highest BCUT2D eigenvalue weighted by Gasteiger charge is 2.36. The van der Waals surface area contributed by atoms with E-state index < -0.39 is 9.84 Å². The molecule has 2 aliphatic rings. The van der Waals surface area contributed by atoms with Gasteiger partial charge in [-0.05, 0) is 49.9 Å². The van der Waals surface area contributed by atoms with E-state index in [1.54, 1.807) is 0 Å². The summed E-state index contributed by atoms with van der Waals surface area (Å²) in [5.41, 5.74) is 0. The summed E-state index contributed by atoms with van der Waals surface area (Å²) in [7, 11) is -2.78. The predicted molar refractivity (Wildman–Crippen MR) is 62.5 cm³/mol. The Morgan fingerprint density at radius 1 is 1.00 bits per heavy atom. The summed E-state index contributed by atoms with van der Waals surface area (Å²) < 4.78 is 24.2. The van der Waals surface area contributed by atoms with Crippen molar-refractivity contribution in [2.45, 2.75) is 51.2 Å². The van der Waals surface area contributed by atoms with Crippen LogP contribution in [0.25, 0.3) is 0 Å². The van der Waals surface area contributed by atoms with Gasteiger partial charge in [0.1, 0.15) is 0 Å². The molecule has 2 aliphatic carbocycles. The van der Waals surface area contributed by atoms with Crippen molar-refractivity contribution in [3.63, 3.8) is 0 Å². The van der Waals surface area contributed by atoms with Crippen molar-refractivity contribution in [1.29, 1.82) is 0 Å². The first-order chi connectivity index (χ1) is 6.97. The van der Waals surface area contributed by atoms with Crippen LogP contribution >= 0.6 is 0 Å². The van der Waals surface area contributed by atoms with Crippen LogP contribution in [0, 0.1) is 17.8 Å². The van der Waals surface area contributed by atoms with Gasteiger partial charge < -0.3 is 0 Å². The first kappa shape index (κ1) is 11.4. The summed E-state index contributed by atoms with van der Waals surface area (Å²) in [6.07, 6.45) is 5.17. The molecule has 0 N–H and O–H groups in total. The van der Waals surface area contributed by atoms with Gasteiger partial charge in [0.15, 0.2) is 9.84 Å². The lowest BCUT2D eigenvalue weighted by atomic mass is 9.77. The molecule has 2 fully saturated rings. The van der Waals surface area contributed by atoms with Crippen molar-refractivity contribution < 1.29 is 8.42 Å². The van der Waals surface area contributed by atoms with Crippen molar-refractivity contribution in [3.05, 3.63) is 0 Å². The van der Waals surface area contributed by atoms with Crippen molar-refractivity contribution in [2.24, 2.45) is 17.8 Å². The fraction of sp³-hybridized carbons (Fsp3) is 1.00. The van der Waals surface area contributed by atoms with Gasteiger partial charge in [0, 0.05) is 0 Å². The highest BCUT2D eigenvalue weighted by atomic mass is 32.2. The fourth-order valence-electron chi connectivity index (χ4n) is 3.15. The lowest BCUT2D eigenvalue weighted by Crippen LogP contribution is -2.32. The number of rotatable bonds is 3. The van der Waals surface area contributed by atoms with E-state index in [4.69, 9.17) is 0 Å². The summed E-state index contributed by atoms with van der Waals surface area (Å²) >= 11 is 0. The molecule has 2 atom stereocenters. The van der Waals surface area contributed by atoms with Gasteiger partial charge in [-0.1, -0.05) is 13.8 Å². The maximum Gasteiger partial charge on any atom is 0.153 e. The molecule has 0 radical (unpaired) electrons. The van der Waals surface area contributed by atoms with Crippen LogP contribution in [0.4, 0.5) is 0 Å². The highest BCUT2D eigenvalue weighted by Crippen LogP contribution is 2.37. The maximum atomic E-state index is 12.1. The Morgan fingerprint density at radius 2 is 1.67 bits per heavy atom. The Labute approximate surface area is 93.4 Å². The van der Waals surface area contributed by atoms with Gasteiger partial charge in [-0.15, -0.1) is 0 Å². The quantitative estimate of drug-likeness (QED) is 0.747. The van der Waals surface area contributed by atoms with E-state index in [0.29, 0.717) is 17.6 Å². The van der Waals surface area contributed by atoms with Crippen LogP contribution in [0.5, 0.6) is 0 Å². The minimum absolute atomic E-state index is 0.0107. The van der Waals surface area contributed by atoms with E-state index in [-0.39, 0.29) is 5.25 Å². The summed E-state index contributed by atoms with van der Waals surface area (Å²) in [5, 5.41) is -0.0107. The Hall–Kier alpha value is -0.0500. The van der Waals surface area contributed by atoms with Gasteiger partial charge >= 0.3 is 0 Å². The van der Waals surface area contributed by atoms with Gasteiger partial charge in [0.05, 0.1) is 11.0 Å². The van der Waals surface area contributed by atoms with E-state index >= 15 is 0 Å². The van der Waals surface area contributed by atoms with E-state index in [1.807, 2.05) is 0 Å². The molecule has 2 rings (SSSR count). The van der Waals surface area contributed by atoms with Gasteiger partial charge in [0.2, 0.25) is 0 Å². The summed E-state index contributed by atoms with van der Waals surface area (Å²) in [6, 6.07) is 0. The minimum Gasteiger partial charge on any atom is -0.229 e. The van der Waals surface area contributed by atoms with Crippen molar-refractivity contribution in [1.82, 2.24) is 0 Å². The van der Waals surface area contributed by atoms with E-state index in [0.717, 1.165) is 38.0 Å².